The van der Waals surface area contributed by atoms with Crippen molar-refractivity contribution >= 4 is 23.6 Å². The van der Waals surface area contributed by atoms with E-state index in [2.05, 4.69) is 4.98 Å². The third-order valence-corrected chi connectivity index (χ3v) is 3.72. The lowest BCUT2D eigenvalue weighted by Gasteiger charge is -2.11. The zero-order valence-electron chi connectivity index (χ0n) is 10.6. The summed E-state index contributed by atoms with van der Waals surface area (Å²) in [7, 11) is 0. The minimum absolute atomic E-state index is 0.197. The summed E-state index contributed by atoms with van der Waals surface area (Å²) < 4.78 is 0. The third-order valence-electron chi connectivity index (χ3n) is 2.48. The minimum Gasteiger partial charge on any atom is -0.478 e. The number of primary amides is 1. The molecular formula is C12H16N2O3S. The molecule has 6 heteroatoms. The van der Waals surface area contributed by atoms with Gasteiger partial charge in [-0.1, -0.05) is 6.92 Å². The van der Waals surface area contributed by atoms with Gasteiger partial charge in [-0.25, -0.2) is 9.78 Å². The molecule has 0 aliphatic heterocycles. The van der Waals surface area contributed by atoms with Crippen LogP contribution in [0.15, 0.2) is 11.1 Å². The number of nitrogens with zero attached hydrogens (tertiary/aromatic N) is 1. The minimum atomic E-state index is -1.01. The predicted octanol–water partition coefficient (Wildman–Crippen LogP) is 1.61. The molecule has 1 aromatic heterocycles. The summed E-state index contributed by atoms with van der Waals surface area (Å²) in [6.45, 7) is 5.25. The normalized spacial score (nSPS) is 12.2. The van der Waals surface area contributed by atoms with Gasteiger partial charge in [0.1, 0.15) is 5.03 Å². The molecule has 1 rings (SSSR count). The molecule has 0 fully saturated rings. The maximum absolute atomic E-state index is 11.2. The van der Waals surface area contributed by atoms with Crippen LogP contribution >= 0.6 is 11.8 Å². The van der Waals surface area contributed by atoms with Gasteiger partial charge in [-0.2, -0.15) is 0 Å². The number of rotatable bonds is 5. The highest BCUT2D eigenvalue weighted by Crippen LogP contribution is 2.25. The number of hydrogen-bond donors (Lipinski definition) is 2. The van der Waals surface area contributed by atoms with E-state index in [9.17, 15) is 9.59 Å². The van der Waals surface area contributed by atoms with Crippen LogP contribution < -0.4 is 5.73 Å². The Bertz CT molecular complexity index is 488. The van der Waals surface area contributed by atoms with Crippen molar-refractivity contribution in [2.75, 3.05) is 5.75 Å². The van der Waals surface area contributed by atoms with Crippen molar-refractivity contribution in [2.45, 2.75) is 25.8 Å². The molecule has 1 amide bonds. The summed E-state index contributed by atoms with van der Waals surface area (Å²) in [6.07, 6.45) is 0. The molecule has 18 heavy (non-hydrogen) atoms. The standard InChI is InChI=1S/C12H16N2O3S/c1-6-4-8(3)14-11(9(6)12(16)17)18-5-7(2)10(13)15/h4,7H,5H2,1-3H3,(H2,13,15)(H,16,17). The van der Waals surface area contributed by atoms with Gasteiger partial charge in [0.25, 0.3) is 0 Å². The molecule has 0 saturated carbocycles. The molecule has 0 saturated heterocycles. The molecule has 0 bridgehead atoms. The number of aromatic carboxylic acids is 1. The average molecular weight is 268 g/mol. The number of carboxylic acid groups (broad SMARTS) is 1. The average Bonchev–Trinajstić information content (AvgIpc) is 2.23. The van der Waals surface area contributed by atoms with Gasteiger partial charge >= 0.3 is 5.97 Å². The first-order chi connectivity index (χ1) is 8.32. The number of nitrogens with two attached hydrogens (primary N) is 1. The van der Waals surface area contributed by atoms with Crippen molar-refractivity contribution in [2.24, 2.45) is 11.7 Å². The first-order valence-electron chi connectivity index (χ1n) is 5.46. The van der Waals surface area contributed by atoms with Gasteiger partial charge in [0.05, 0.1) is 5.56 Å². The second-order valence-electron chi connectivity index (χ2n) is 4.18. The van der Waals surface area contributed by atoms with E-state index in [1.54, 1.807) is 26.8 Å². The SMILES string of the molecule is Cc1cc(C)c(C(=O)O)c(SCC(C)C(N)=O)n1. The summed E-state index contributed by atoms with van der Waals surface area (Å²) in [4.78, 5) is 26.3. The highest BCUT2D eigenvalue weighted by Gasteiger charge is 2.18. The number of aryl methyl sites for hydroxylation is 2. The number of carbonyl (C=O) groups excluding carboxylic acids is 1. The van der Waals surface area contributed by atoms with Crippen molar-refractivity contribution in [3.8, 4) is 0 Å². The monoisotopic (exact) mass is 268 g/mol. The Labute approximate surface area is 110 Å². The van der Waals surface area contributed by atoms with Crippen molar-refractivity contribution in [1.82, 2.24) is 4.98 Å². The summed E-state index contributed by atoms with van der Waals surface area (Å²) in [5, 5.41) is 9.60. The Morgan fingerprint density at radius 2 is 2.11 bits per heavy atom. The first-order valence-corrected chi connectivity index (χ1v) is 6.45. The van der Waals surface area contributed by atoms with Crippen LogP contribution in [0.25, 0.3) is 0 Å². The molecule has 0 aliphatic rings. The van der Waals surface area contributed by atoms with Gasteiger partial charge in [0.15, 0.2) is 0 Å². The number of aromatic nitrogens is 1. The topological polar surface area (TPSA) is 93.3 Å². The molecule has 0 aromatic carbocycles. The van der Waals surface area contributed by atoms with Crippen LogP contribution in [-0.2, 0) is 4.79 Å². The number of hydrogen-bond acceptors (Lipinski definition) is 4. The van der Waals surface area contributed by atoms with Crippen molar-refractivity contribution < 1.29 is 14.7 Å². The number of pyridine rings is 1. The van der Waals surface area contributed by atoms with E-state index >= 15 is 0 Å². The fraction of sp³-hybridized carbons (Fsp3) is 0.417. The zero-order chi connectivity index (χ0) is 13.9. The quantitative estimate of drug-likeness (QED) is 0.791. The molecule has 3 N–H and O–H groups in total. The Morgan fingerprint density at radius 3 is 2.61 bits per heavy atom. The van der Waals surface area contributed by atoms with Crippen molar-refractivity contribution in [1.29, 1.82) is 0 Å². The summed E-state index contributed by atoms with van der Waals surface area (Å²) in [6, 6.07) is 1.73. The number of carbonyl (C=O) groups is 2. The van der Waals surface area contributed by atoms with E-state index in [0.29, 0.717) is 16.3 Å². The predicted molar refractivity (Wildman–Crippen MR) is 69.8 cm³/mol. The van der Waals surface area contributed by atoms with Crippen LogP contribution in [0, 0.1) is 19.8 Å². The van der Waals surface area contributed by atoms with Gasteiger partial charge in [0.2, 0.25) is 5.91 Å². The molecule has 0 spiro atoms. The van der Waals surface area contributed by atoms with Gasteiger partial charge < -0.3 is 10.8 Å². The Balaban J connectivity index is 3.00. The third kappa shape index (κ3) is 3.46. The van der Waals surface area contributed by atoms with Crippen LogP contribution in [0.2, 0.25) is 0 Å². The molecule has 98 valence electrons. The van der Waals surface area contributed by atoms with E-state index < -0.39 is 11.9 Å². The summed E-state index contributed by atoms with van der Waals surface area (Å²) in [5.74, 6) is -1.30. The Hall–Kier alpha value is -1.56. The lowest BCUT2D eigenvalue weighted by atomic mass is 10.1. The van der Waals surface area contributed by atoms with Crippen molar-refractivity contribution in [3.05, 3.63) is 22.9 Å². The van der Waals surface area contributed by atoms with Gasteiger partial charge in [-0.15, -0.1) is 11.8 Å². The van der Waals surface area contributed by atoms with Gasteiger partial charge in [0, 0.05) is 17.4 Å². The molecule has 5 nitrogen and oxygen atoms in total. The van der Waals surface area contributed by atoms with E-state index in [-0.39, 0.29) is 11.5 Å². The summed E-state index contributed by atoms with van der Waals surface area (Å²) in [5.41, 5.74) is 6.79. The fourth-order valence-electron chi connectivity index (χ4n) is 1.45. The van der Waals surface area contributed by atoms with E-state index in [0.717, 1.165) is 5.69 Å². The van der Waals surface area contributed by atoms with Crippen molar-refractivity contribution in [3.63, 3.8) is 0 Å². The van der Waals surface area contributed by atoms with E-state index in [1.807, 2.05) is 0 Å². The fourth-order valence-corrected chi connectivity index (χ4v) is 2.63. The molecule has 0 radical (unpaired) electrons. The Morgan fingerprint density at radius 1 is 1.50 bits per heavy atom. The van der Waals surface area contributed by atoms with Crippen LogP contribution in [0.1, 0.15) is 28.5 Å². The van der Waals surface area contributed by atoms with E-state index in [4.69, 9.17) is 10.8 Å². The second kappa shape index (κ2) is 5.86. The highest BCUT2D eigenvalue weighted by molar-refractivity contribution is 7.99. The molecule has 1 unspecified atom stereocenters. The molecular weight excluding hydrogens is 252 g/mol. The number of carboxylic acids is 1. The molecule has 1 atom stereocenters. The van der Waals surface area contributed by atoms with Crippen LogP contribution in [0.4, 0.5) is 0 Å². The maximum atomic E-state index is 11.2. The molecule has 1 aromatic rings. The number of thioether (sulfide) groups is 1. The number of amides is 1. The maximum Gasteiger partial charge on any atom is 0.338 e. The second-order valence-corrected chi connectivity index (χ2v) is 5.19. The van der Waals surface area contributed by atoms with Crippen LogP contribution in [0.3, 0.4) is 0 Å². The van der Waals surface area contributed by atoms with Gasteiger partial charge in [-0.3, -0.25) is 4.79 Å². The highest BCUT2D eigenvalue weighted by atomic mass is 32.2. The van der Waals surface area contributed by atoms with Crippen LogP contribution in [0.5, 0.6) is 0 Å². The van der Waals surface area contributed by atoms with E-state index in [1.165, 1.54) is 11.8 Å². The zero-order valence-corrected chi connectivity index (χ0v) is 11.4. The molecule has 0 aliphatic carbocycles. The lowest BCUT2D eigenvalue weighted by Crippen LogP contribution is -2.22. The Kier molecular flexibility index (Phi) is 4.72. The smallest absolute Gasteiger partial charge is 0.338 e. The summed E-state index contributed by atoms with van der Waals surface area (Å²) >= 11 is 1.25. The van der Waals surface area contributed by atoms with Gasteiger partial charge in [-0.05, 0) is 25.5 Å². The lowest BCUT2D eigenvalue weighted by molar-refractivity contribution is -0.120. The first kappa shape index (κ1) is 14.5. The van der Waals surface area contributed by atoms with Crippen LogP contribution in [-0.4, -0.2) is 27.7 Å². The molecule has 1 heterocycles. The largest absolute Gasteiger partial charge is 0.478 e.